The Kier molecular flexibility index (Phi) is 5.58. The lowest BCUT2D eigenvalue weighted by atomic mass is 10.4. The van der Waals surface area contributed by atoms with Crippen molar-refractivity contribution in [3.05, 3.63) is 11.1 Å². The van der Waals surface area contributed by atoms with Crippen molar-refractivity contribution in [2.45, 2.75) is 13.3 Å². The maximum Gasteiger partial charge on any atom is 0.270 e. The number of rotatable bonds is 6. The summed E-state index contributed by atoms with van der Waals surface area (Å²) in [7, 11) is 1.61. The molecule has 0 radical (unpaired) electrons. The molecule has 2 amide bonds. The van der Waals surface area contributed by atoms with Crippen molar-refractivity contribution < 1.29 is 14.3 Å². The number of nitrogens with one attached hydrogen (secondary N) is 2. The highest BCUT2D eigenvalue weighted by Crippen LogP contribution is 2.14. The van der Waals surface area contributed by atoms with Crippen molar-refractivity contribution in [3.63, 3.8) is 0 Å². The molecule has 94 valence electrons. The van der Waals surface area contributed by atoms with Crippen molar-refractivity contribution in [1.82, 2.24) is 10.3 Å². The number of aromatic nitrogens is 1. The third-order valence-corrected chi connectivity index (χ3v) is 2.59. The third kappa shape index (κ3) is 4.92. The van der Waals surface area contributed by atoms with E-state index in [1.807, 2.05) is 0 Å². The number of carbonyl (C=O) groups excluding carboxylic acids is 2. The maximum absolute atomic E-state index is 11.6. The van der Waals surface area contributed by atoms with Crippen LogP contribution in [-0.2, 0) is 9.53 Å². The lowest BCUT2D eigenvalue weighted by molar-refractivity contribution is -0.114. The van der Waals surface area contributed by atoms with Crippen LogP contribution in [0.2, 0.25) is 0 Å². The second-order valence-electron chi connectivity index (χ2n) is 3.32. The number of hydrogen-bond donors (Lipinski definition) is 2. The molecule has 0 aliphatic rings. The van der Waals surface area contributed by atoms with Gasteiger partial charge in [0, 0.05) is 32.6 Å². The van der Waals surface area contributed by atoms with E-state index in [0.29, 0.717) is 24.0 Å². The van der Waals surface area contributed by atoms with Crippen LogP contribution in [0.15, 0.2) is 5.38 Å². The van der Waals surface area contributed by atoms with E-state index in [1.54, 1.807) is 12.5 Å². The molecule has 1 heterocycles. The van der Waals surface area contributed by atoms with Crippen LogP contribution in [0.5, 0.6) is 0 Å². The monoisotopic (exact) mass is 257 g/mol. The fourth-order valence-electron chi connectivity index (χ4n) is 1.10. The highest BCUT2D eigenvalue weighted by Gasteiger charge is 2.10. The van der Waals surface area contributed by atoms with Gasteiger partial charge < -0.3 is 15.4 Å². The van der Waals surface area contributed by atoms with E-state index in [9.17, 15) is 9.59 Å². The molecule has 0 aliphatic heterocycles. The summed E-state index contributed by atoms with van der Waals surface area (Å²) >= 11 is 1.22. The molecular formula is C10H15N3O3S. The van der Waals surface area contributed by atoms with E-state index in [2.05, 4.69) is 15.6 Å². The quantitative estimate of drug-likeness (QED) is 0.741. The number of amides is 2. The number of nitrogens with zero attached hydrogens (tertiary/aromatic N) is 1. The maximum atomic E-state index is 11.6. The van der Waals surface area contributed by atoms with E-state index in [0.717, 1.165) is 6.42 Å². The second-order valence-corrected chi connectivity index (χ2v) is 4.18. The van der Waals surface area contributed by atoms with Crippen LogP contribution >= 0.6 is 11.3 Å². The molecule has 1 aromatic heterocycles. The summed E-state index contributed by atoms with van der Waals surface area (Å²) in [4.78, 5) is 26.4. The standard InChI is InChI=1S/C10H15N3O3S/c1-7(14)12-10-13-8(6-17-10)9(15)11-4-3-5-16-2/h6H,3-5H2,1-2H3,(H,11,15)(H,12,13,14). The first-order valence-electron chi connectivity index (χ1n) is 5.13. The van der Waals surface area contributed by atoms with E-state index >= 15 is 0 Å². The van der Waals surface area contributed by atoms with Gasteiger partial charge in [-0.15, -0.1) is 11.3 Å². The highest BCUT2D eigenvalue weighted by atomic mass is 32.1. The molecule has 0 saturated carbocycles. The van der Waals surface area contributed by atoms with Crippen molar-refractivity contribution >= 4 is 28.3 Å². The van der Waals surface area contributed by atoms with Gasteiger partial charge in [-0.3, -0.25) is 9.59 Å². The average Bonchev–Trinajstić information content (AvgIpc) is 2.71. The Hall–Kier alpha value is -1.47. The van der Waals surface area contributed by atoms with Gasteiger partial charge in [0.15, 0.2) is 5.13 Å². The molecule has 17 heavy (non-hydrogen) atoms. The molecule has 1 rings (SSSR count). The summed E-state index contributed by atoms with van der Waals surface area (Å²) in [5, 5.41) is 7.28. The number of hydrogen-bond acceptors (Lipinski definition) is 5. The molecule has 7 heteroatoms. The van der Waals surface area contributed by atoms with Crippen molar-refractivity contribution in [2.75, 3.05) is 25.6 Å². The van der Waals surface area contributed by atoms with Crippen LogP contribution < -0.4 is 10.6 Å². The van der Waals surface area contributed by atoms with Gasteiger partial charge in [-0.05, 0) is 6.42 Å². The first-order chi connectivity index (χ1) is 8.13. The SMILES string of the molecule is COCCCNC(=O)c1csc(NC(C)=O)n1. The minimum absolute atomic E-state index is 0.202. The van der Waals surface area contributed by atoms with Crippen LogP contribution in [0.3, 0.4) is 0 Å². The number of methoxy groups -OCH3 is 1. The minimum Gasteiger partial charge on any atom is -0.385 e. The zero-order chi connectivity index (χ0) is 12.7. The van der Waals surface area contributed by atoms with Crippen LogP contribution in [-0.4, -0.2) is 37.1 Å². The summed E-state index contributed by atoms with van der Waals surface area (Å²) in [6.45, 7) is 2.54. The van der Waals surface area contributed by atoms with Crippen LogP contribution in [0.1, 0.15) is 23.8 Å². The van der Waals surface area contributed by atoms with Gasteiger partial charge in [0.25, 0.3) is 5.91 Å². The van der Waals surface area contributed by atoms with Gasteiger partial charge in [-0.25, -0.2) is 4.98 Å². The Morgan fingerprint density at radius 1 is 1.53 bits per heavy atom. The van der Waals surface area contributed by atoms with Gasteiger partial charge in [-0.1, -0.05) is 0 Å². The lowest BCUT2D eigenvalue weighted by Crippen LogP contribution is -2.25. The zero-order valence-electron chi connectivity index (χ0n) is 9.78. The molecule has 0 unspecified atom stereocenters. The molecule has 1 aromatic rings. The number of anilines is 1. The smallest absolute Gasteiger partial charge is 0.270 e. The molecule has 0 aliphatic carbocycles. The lowest BCUT2D eigenvalue weighted by Gasteiger charge is -2.01. The predicted molar refractivity (Wildman–Crippen MR) is 65.2 cm³/mol. The molecule has 2 N–H and O–H groups in total. The van der Waals surface area contributed by atoms with Gasteiger partial charge >= 0.3 is 0 Å². The van der Waals surface area contributed by atoms with Crippen molar-refractivity contribution in [3.8, 4) is 0 Å². The highest BCUT2D eigenvalue weighted by molar-refractivity contribution is 7.14. The predicted octanol–water partition coefficient (Wildman–Crippen LogP) is 0.868. The van der Waals surface area contributed by atoms with Crippen molar-refractivity contribution in [2.24, 2.45) is 0 Å². The Morgan fingerprint density at radius 2 is 2.29 bits per heavy atom. The van der Waals surface area contributed by atoms with E-state index in [-0.39, 0.29) is 11.8 Å². The Bertz CT molecular complexity index is 392. The molecular weight excluding hydrogens is 242 g/mol. The molecule has 6 nitrogen and oxygen atoms in total. The topological polar surface area (TPSA) is 80.3 Å². The average molecular weight is 257 g/mol. The zero-order valence-corrected chi connectivity index (χ0v) is 10.6. The van der Waals surface area contributed by atoms with Gasteiger partial charge in [0.1, 0.15) is 5.69 Å². The Balaban J connectivity index is 2.41. The first-order valence-corrected chi connectivity index (χ1v) is 6.01. The van der Waals surface area contributed by atoms with Crippen LogP contribution in [0.4, 0.5) is 5.13 Å². The van der Waals surface area contributed by atoms with Gasteiger partial charge in [0.2, 0.25) is 5.91 Å². The molecule has 0 aromatic carbocycles. The Morgan fingerprint density at radius 3 is 2.94 bits per heavy atom. The minimum atomic E-state index is -0.242. The summed E-state index contributed by atoms with van der Waals surface area (Å²) in [6, 6.07) is 0. The third-order valence-electron chi connectivity index (χ3n) is 1.83. The van der Waals surface area contributed by atoms with Gasteiger partial charge in [-0.2, -0.15) is 0 Å². The van der Waals surface area contributed by atoms with E-state index < -0.39 is 0 Å². The van der Waals surface area contributed by atoms with Gasteiger partial charge in [0.05, 0.1) is 0 Å². The fourth-order valence-corrected chi connectivity index (χ4v) is 1.83. The van der Waals surface area contributed by atoms with Crippen molar-refractivity contribution in [1.29, 1.82) is 0 Å². The molecule has 0 saturated heterocycles. The number of thiazole rings is 1. The second kappa shape index (κ2) is 6.97. The summed E-state index contributed by atoms with van der Waals surface area (Å²) in [5.41, 5.74) is 0.316. The largest absolute Gasteiger partial charge is 0.385 e. The molecule has 0 atom stereocenters. The Labute approximate surface area is 103 Å². The van der Waals surface area contributed by atoms with E-state index in [1.165, 1.54) is 18.3 Å². The van der Waals surface area contributed by atoms with Crippen LogP contribution in [0.25, 0.3) is 0 Å². The normalized spacial score (nSPS) is 10.0. The molecule has 0 fully saturated rings. The summed E-state index contributed by atoms with van der Waals surface area (Å²) in [6.07, 6.45) is 0.755. The summed E-state index contributed by atoms with van der Waals surface area (Å²) in [5.74, 6) is -0.444. The van der Waals surface area contributed by atoms with E-state index in [4.69, 9.17) is 4.74 Å². The van der Waals surface area contributed by atoms with Crippen LogP contribution in [0, 0.1) is 0 Å². The molecule has 0 bridgehead atoms. The first kappa shape index (κ1) is 13.6. The summed E-state index contributed by atoms with van der Waals surface area (Å²) < 4.78 is 4.86. The number of ether oxygens (including phenoxy) is 1. The fraction of sp³-hybridized carbons (Fsp3) is 0.500. The molecule has 0 spiro atoms. The number of carbonyl (C=O) groups is 2.